The van der Waals surface area contributed by atoms with Crippen molar-refractivity contribution in [1.82, 2.24) is 19.7 Å². The van der Waals surface area contributed by atoms with Gasteiger partial charge in [-0.15, -0.1) is 10.2 Å². The normalized spacial score (nSPS) is 11.1. The first-order valence-electron chi connectivity index (χ1n) is 8.75. The molecular formula is C21H20N4OS. The summed E-state index contributed by atoms with van der Waals surface area (Å²) in [7, 11) is 0. The lowest BCUT2D eigenvalue weighted by Gasteiger charge is -2.08. The summed E-state index contributed by atoms with van der Waals surface area (Å²) in [6.07, 6.45) is 0. The summed E-state index contributed by atoms with van der Waals surface area (Å²) in [5.41, 5.74) is 4.18. The molecule has 0 atom stereocenters. The molecule has 4 aromatic rings. The van der Waals surface area contributed by atoms with Gasteiger partial charge < -0.3 is 4.42 Å². The number of oxazole rings is 1. The summed E-state index contributed by atoms with van der Waals surface area (Å²) in [6, 6.07) is 18.3. The summed E-state index contributed by atoms with van der Waals surface area (Å²) in [5.74, 6) is 3.02. The zero-order valence-corrected chi connectivity index (χ0v) is 16.3. The predicted octanol–water partition coefficient (Wildman–Crippen LogP) is 5.14. The van der Waals surface area contributed by atoms with Crippen LogP contribution in [0.3, 0.4) is 0 Å². The van der Waals surface area contributed by atoms with Gasteiger partial charge in [0.1, 0.15) is 11.6 Å². The molecule has 4 rings (SSSR count). The summed E-state index contributed by atoms with van der Waals surface area (Å²) < 4.78 is 7.93. The average molecular weight is 376 g/mol. The molecule has 5 nitrogen and oxygen atoms in total. The molecule has 6 heteroatoms. The molecule has 0 N–H and O–H groups in total. The van der Waals surface area contributed by atoms with Crippen LogP contribution < -0.4 is 0 Å². The molecule has 0 unspecified atom stereocenters. The second-order valence-corrected chi connectivity index (χ2v) is 7.32. The molecule has 0 saturated carbocycles. The molecule has 0 aliphatic carbocycles. The molecule has 0 aliphatic heterocycles. The summed E-state index contributed by atoms with van der Waals surface area (Å²) >= 11 is 1.61. The first-order valence-corrected chi connectivity index (χ1v) is 9.74. The number of aryl methyl sites for hydroxylation is 3. The van der Waals surface area contributed by atoms with Crippen molar-refractivity contribution in [3.05, 3.63) is 77.4 Å². The van der Waals surface area contributed by atoms with Gasteiger partial charge in [-0.05, 0) is 50.6 Å². The molecule has 2 aromatic carbocycles. The van der Waals surface area contributed by atoms with E-state index in [2.05, 4.69) is 44.9 Å². The van der Waals surface area contributed by atoms with Crippen molar-refractivity contribution in [1.29, 1.82) is 0 Å². The lowest BCUT2D eigenvalue weighted by molar-refractivity contribution is 0.540. The Bertz CT molecular complexity index is 1070. The number of nitrogens with zero attached hydrogens (tertiary/aromatic N) is 4. The maximum Gasteiger partial charge on any atom is 0.226 e. The van der Waals surface area contributed by atoms with Gasteiger partial charge in [0.15, 0.2) is 5.16 Å². The Morgan fingerprint density at radius 3 is 2.56 bits per heavy atom. The maximum atomic E-state index is 5.86. The number of rotatable bonds is 5. The molecule has 0 bridgehead atoms. The zero-order valence-electron chi connectivity index (χ0n) is 15.5. The van der Waals surface area contributed by atoms with Crippen LogP contribution in [0.5, 0.6) is 0 Å². The lowest BCUT2D eigenvalue weighted by Crippen LogP contribution is -1.99. The second kappa shape index (κ2) is 7.40. The van der Waals surface area contributed by atoms with Crippen molar-refractivity contribution in [2.24, 2.45) is 0 Å². The molecule has 0 spiro atoms. The van der Waals surface area contributed by atoms with Crippen molar-refractivity contribution >= 4 is 11.8 Å². The van der Waals surface area contributed by atoms with Gasteiger partial charge in [0.05, 0.1) is 5.69 Å². The predicted molar refractivity (Wildman–Crippen MR) is 107 cm³/mol. The molecule has 0 amide bonds. The molecule has 0 saturated heterocycles. The van der Waals surface area contributed by atoms with Crippen LogP contribution in [0.4, 0.5) is 0 Å². The van der Waals surface area contributed by atoms with Crippen LogP contribution in [0.15, 0.2) is 64.2 Å². The highest BCUT2D eigenvalue weighted by Gasteiger charge is 2.15. The highest BCUT2D eigenvalue weighted by molar-refractivity contribution is 7.98. The van der Waals surface area contributed by atoms with Crippen LogP contribution >= 0.6 is 11.8 Å². The molecule has 136 valence electrons. The number of hydrogen-bond acceptors (Lipinski definition) is 5. The fourth-order valence-electron chi connectivity index (χ4n) is 2.90. The molecule has 0 fully saturated rings. The third kappa shape index (κ3) is 3.66. The quantitative estimate of drug-likeness (QED) is 0.451. The Morgan fingerprint density at radius 1 is 0.963 bits per heavy atom. The SMILES string of the molecule is Cc1cccc(-n2c(C)nnc2SCc2nc(-c3ccccc3)oc2C)c1. The van der Waals surface area contributed by atoms with E-state index in [0.717, 1.165) is 33.7 Å². The fraction of sp³-hybridized carbons (Fsp3) is 0.190. The first kappa shape index (κ1) is 17.5. The summed E-state index contributed by atoms with van der Waals surface area (Å²) in [6.45, 7) is 6.00. The Kier molecular flexibility index (Phi) is 4.81. The first-order chi connectivity index (χ1) is 13.1. The molecule has 2 aromatic heterocycles. The maximum absolute atomic E-state index is 5.86. The average Bonchev–Trinajstić information content (AvgIpc) is 3.23. The van der Waals surface area contributed by atoms with Crippen molar-refractivity contribution in [2.45, 2.75) is 31.7 Å². The summed E-state index contributed by atoms with van der Waals surface area (Å²) in [5, 5.41) is 9.46. The molecular weight excluding hydrogens is 356 g/mol. The van der Waals surface area contributed by atoms with Gasteiger partial charge in [-0.1, -0.05) is 42.1 Å². The van der Waals surface area contributed by atoms with Crippen LogP contribution in [-0.4, -0.2) is 19.7 Å². The van der Waals surface area contributed by atoms with Crippen LogP contribution in [0.2, 0.25) is 0 Å². The van der Waals surface area contributed by atoms with Gasteiger partial charge in [0.2, 0.25) is 5.89 Å². The van der Waals surface area contributed by atoms with E-state index < -0.39 is 0 Å². The third-order valence-electron chi connectivity index (χ3n) is 4.31. The zero-order chi connectivity index (χ0) is 18.8. The molecule has 0 radical (unpaired) electrons. The Hall–Kier alpha value is -2.86. The second-order valence-electron chi connectivity index (χ2n) is 6.38. The minimum Gasteiger partial charge on any atom is -0.441 e. The van der Waals surface area contributed by atoms with Crippen LogP contribution in [0, 0.1) is 20.8 Å². The molecule has 0 aliphatic rings. The van der Waals surface area contributed by atoms with Gasteiger partial charge in [-0.25, -0.2) is 4.98 Å². The van der Waals surface area contributed by atoms with Crippen molar-refractivity contribution in [3.8, 4) is 17.1 Å². The van der Waals surface area contributed by atoms with E-state index >= 15 is 0 Å². The number of hydrogen-bond donors (Lipinski definition) is 0. The standard InChI is InChI=1S/C21H20N4OS/c1-14-8-7-11-18(12-14)25-16(3)23-24-21(25)27-13-19-15(2)26-20(22-19)17-9-5-4-6-10-17/h4-12H,13H2,1-3H3. The lowest BCUT2D eigenvalue weighted by atomic mass is 10.2. The van der Waals surface area contributed by atoms with Crippen LogP contribution in [-0.2, 0) is 5.75 Å². The van der Waals surface area contributed by atoms with Crippen molar-refractivity contribution in [2.75, 3.05) is 0 Å². The van der Waals surface area contributed by atoms with Gasteiger partial charge >= 0.3 is 0 Å². The Labute approximate surface area is 162 Å². The third-order valence-corrected chi connectivity index (χ3v) is 5.25. The number of aromatic nitrogens is 4. The van der Waals surface area contributed by atoms with E-state index in [1.807, 2.05) is 50.2 Å². The van der Waals surface area contributed by atoms with Crippen LogP contribution in [0.25, 0.3) is 17.1 Å². The highest BCUT2D eigenvalue weighted by atomic mass is 32.2. The smallest absolute Gasteiger partial charge is 0.226 e. The monoisotopic (exact) mass is 376 g/mol. The van der Waals surface area contributed by atoms with Crippen molar-refractivity contribution in [3.63, 3.8) is 0 Å². The Balaban J connectivity index is 1.58. The Morgan fingerprint density at radius 2 is 1.78 bits per heavy atom. The van der Waals surface area contributed by atoms with E-state index in [1.165, 1.54) is 5.56 Å². The van der Waals surface area contributed by atoms with Gasteiger partial charge in [0.25, 0.3) is 0 Å². The number of thioether (sulfide) groups is 1. The summed E-state index contributed by atoms with van der Waals surface area (Å²) in [4.78, 5) is 4.67. The minimum atomic E-state index is 0.653. The molecule has 27 heavy (non-hydrogen) atoms. The topological polar surface area (TPSA) is 56.7 Å². The van der Waals surface area contributed by atoms with E-state index in [-0.39, 0.29) is 0 Å². The van der Waals surface area contributed by atoms with Crippen molar-refractivity contribution < 1.29 is 4.42 Å². The molecule has 2 heterocycles. The fourth-order valence-corrected chi connectivity index (χ4v) is 3.90. The van der Waals surface area contributed by atoms with E-state index in [1.54, 1.807) is 11.8 Å². The van der Waals surface area contributed by atoms with E-state index in [0.29, 0.717) is 11.6 Å². The number of benzene rings is 2. The van der Waals surface area contributed by atoms with E-state index in [9.17, 15) is 0 Å². The minimum absolute atomic E-state index is 0.653. The van der Waals surface area contributed by atoms with Gasteiger partial charge in [-0.2, -0.15) is 0 Å². The van der Waals surface area contributed by atoms with Gasteiger partial charge in [-0.3, -0.25) is 4.57 Å². The van der Waals surface area contributed by atoms with Crippen LogP contribution in [0.1, 0.15) is 22.8 Å². The van der Waals surface area contributed by atoms with E-state index in [4.69, 9.17) is 4.42 Å². The van der Waals surface area contributed by atoms with Gasteiger partial charge in [0, 0.05) is 17.0 Å². The highest BCUT2D eigenvalue weighted by Crippen LogP contribution is 2.28. The largest absolute Gasteiger partial charge is 0.441 e.